The molecule has 21 heavy (non-hydrogen) atoms. The highest BCUT2D eigenvalue weighted by atomic mass is 35.5. The molecule has 1 amide bonds. The highest BCUT2D eigenvalue weighted by Gasteiger charge is 2.18. The highest BCUT2D eigenvalue weighted by Crippen LogP contribution is 2.22. The van der Waals surface area contributed by atoms with Crippen molar-refractivity contribution in [3.05, 3.63) is 45.8 Å². The van der Waals surface area contributed by atoms with E-state index in [0.717, 1.165) is 0 Å². The van der Waals surface area contributed by atoms with Crippen LogP contribution in [0.2, 0.25) is 5.02 Å². The summed E-state index contributed by atoms with van der Waals surface area (Å²) < 4.78 is 4.99. The van der Waals surface area contributed by atoms with Crippen molar-refractivity contribution in [2.75, 3.05) is 11.9 Å². The second-order valence-electron chi connectivity index (χ2n) is 4.35. The molecule has 0 saturated heterocycles. The Balaban J connectivity index is 2.33. The van der Waals surface area contributed by atoms with Gasteiger partial charge < -0.3 is 15.6 Å². The number of amides is 1. The van der Waals surface area contributed by atoms with Crippen LogP contribution >= 0.6 is 11.6 Å². The van der Waals surface area contributed by atoms with E-state index in [1.807, 2.05) is 0 Å². The first-order valence-corrected chi connectivity index (χ1v) is 6.63. The number of carbonyl (C=O) groups excluding carboxylic acids is 1. The number of nitrogens with zero attached hydrogens (tertiary/aromatic N) is 1. The second-order valence-corrected chi connectivity index (χ2v) is 4.79. The lowest BCUT2D eigenvalue weighted by Gasteiger charge is -2.07. The summed E-state index contributed by atoms with van der Waals surface area (Å²) in [4.78, 5) is 12.3. The summed E-state index contributed by atoms with van der Waals surface area (Å²) in [5, 5.41) is 7.09. The lowest BCUT2D eigenvalue weighted by Crippen LogP contribution is -2.14. The van der Waals surface area contributed by atoms with Gasteiger partial charge in [0.1, 0.15) is 11.3 Å². The van der Waals surface area contributed by atoms with Crippen LogP contribution in [0.5, 0.6) is 0 Å². The van der Waals surface area contributed by atoms with Crippen molar-refractivity contribution in [3.8, 4) is 11.8 Å². The SMILES string of the molecule is Cc1noc(C)c1C(=O)Nc1ccc(Cl)cc1C#CCN. The molecule has 0 fully saturated rings. The normalized spacial score (nSPS) is 9.90. The average Bonchev–Trinajstić information content (AvgIpc) is 2.78. The predicted octanol–water partition coefficient (Wildman–Crippen LogP) is 2.51. The number of benzene rings is 1. The number of carbonyl (C=O) groups is 1. The molecular weight excluding hydrogens is 290 g/mol. The Kier molecular flexibility index (Phi) is 4.63. The quantitative estimate of drug-likeness (QED) is 0.835. The van der Waals surface area contributed by atoms with Crippen LogP contribution in [0, 0.1) is 25.7 Å². The van der Waals surface area contributed by atoms with Crippen LogP contribution in [-0.2, 0) is 0 Å². The molecule has 0 bridgehead atoms. The minimum absolute atomic E-state index is 0.226. The Labute approximate surface area is 127 Å². The van der Waals surface area contributed by atoms with E-state index in [0.29, 0.717) is 33.3 Å². The fraction of sp³-hybridized carbons (Fsp3) is 0.200. The average molecular weight is 304 g/mol. The van der Waals surface area contributed by atoms with Gasteiger partial charge in [-0.05, 0) is 32.0 Å². The van der Waals surface area contributed by atoms with Gasteiger partial charge >= 0.3 is 0 Å². The van der Waals surface area contributed by atoms with Crippen molar-refractivity contribution >= 4 is 23.2 Å². The third-order valence-electron chi connectivity index (χ3n) is 2.82. The maximum atomic E-state index is 12.3. The summed E-state index contributed by atoms with van der Waals surface area (Å²) in [7, 11) is 0. The van der Waals surface area contributed by atoms with Crippen LogP contribution in [0.15, 0.2) is 22.7 Å². The smallest absolute Gasteiger partial charge is 0.261 e. The summed E-state index contributed by atoms with van der Waals surface area (Å²) >= 11 is 5.95. The van der Waals surface area contributed by atoms with Gasteiger partial charge in [-0.1, -0.05) is 28.6 Å². The van der Waals surface area contributed by atoms with E-state index in [2.05, 4.69) is 22.3 Å². The Morgan fingerprint density at radius 3 is 2.86 bits per heavy atom. The number of aryl methyl sites for hydroxylation is 2. The van der Waals surface area contributed by atoms with E-state index < -0.39 is 0 Å². The molecule has 0 aliphatic rings. The van der Waals surface area contributed by atoms with E-state index >= 15 is 0 Å². The number of aromatic nitrogens is 1. The third-order valence-corrected chi connectivity index (χ3v) is 3.05. The number of hydrogen-bond donors (Lipinski definition) is 2. The predicted molar refractivity (Wildman–Crippen MR) is 81.3 cm³/mol. The van der Waals surface area contributed by atoms with Crippen molar-refractivity contribution in [1.82, 2.24) is 5.16 Å². The largest absolute Gasteiger partial charge is 0.361 e. The molecule has 6 heteroatoms. The standard InChI is InChI=1S/C15H14ClN3O2/c1-9-14(10(2)21-19-9)15(20)18-13-6-5-12(16)8-11(13)4-3-7-17/h5-6,8H,7,17H2,1-2H3,(H,18,20). The molecule has 1 aromatic heterocycles. The molecular formula is C15H14ClN3O2. The summed E-state index contributed by atoms with van der Waals surface area (Å²) in [6.07, 6.45) is 0. The van der Waals surface area contributed by atoms with E-state index in [9.17, 15) is 4.79 Å². The molecule has 0 saturated carbocycles. The van der Waals surface area contributed by atoms with Crippen LogP contribution in [-0.4, -0.2) is 17.6 Å². The molecule has 108 valence electrons. The summed E-state index contributed by atoms with van der Waals surface area (Å²) in [6, 6.07) is 5.05. The van der Waals surface area contributed by atoms with E-state index in [1.165, 1.54) is 0 Å². The number of nitrogens with two attached hydrogens (primary N) is 1. The first kappa shape index (κ1) is 15.1. The molecule has 2 aromatic rings. The third kappa shape index (κ3) is 3.43. The first-order chi connectivity index (χ1) is 10.0. The molecule has 3 N–H and O–H groups in total. The lowest BCUT2D eigenvalue weighted by atomic mass is 10.1. The van der Waals surface area contributed by atoms with Gasteiger partial charge in [-0.15, -0.1) is 0 Å². The zero-order valence-electron chi connectivity index (χ0n) is 11.7. The molecule has 5 nitrogen and oxygen atoms in total. The molecule has 2 rings (SSSR count). The zero-order chi connectivity index (χ0) is 15.4. The summed E-state index contributed by atoms with van der Waals surface area (Å²) in [5.74, 6) is 5.79. The number of nitrogens with one attached hydrogen (secondary N) is 1. The van der Waals surface area contributed by atoms with Crippen molar-refractivity contribution in [2.24, 2.45) is 5.73 Å². The van der Waals surface area contributed by atoms with Gasteiger partial charge in [0.15, 0.2) is 0 Å². The molecule has 0 aliphatic heterocycles. The van der Waals surface area contributed by atoms with Gasteiger partial charge in [-0.3, -0.25) is 4.79 Å². The maximum Gasteiger partial charge on any atom is 0.261 e. The van der Waals surface area contributed by atoms with Crippen LogP contribution in [0.4, 0.5) is 5.69 Å². The number of rotatable bonds is 2. The first-order valence-electron chi connectivity index (χ1n) is 6.25. The topological polar surface area (TPSA) is 81.2 Å². The Bertz CT molecular complexity index is 722. The summed E-state index contributed by atoms with van der Waals surface area (Å²) in [5.41, 5.74) is 7.49. The minimum Gasteiger partial charge on any atom is -0.361 e. The number of hydrogen-bond acceptors (Lipinski definition) is 4. The van der Waals surface area contributed by atoms with Crippen LogP contribution < -0.4 is 11.1 Å². The van der Waals surface area contributed by atoms with E-state index in [4.69, 9.17) is 21.9 Å². The molecule has 0 unspecified atom stereocenters. The van der Waals surface area contributed by atoms with E-state index in [1.54, 1.807) is 32.0 Å². The lowest BCUT2D eigenvalue weighted by molar-refractivity contribution is 0.102. The summed E-state index contributed by atoms with van der Waals surface area (Å²) in [6.45, 7) is 3.62. The minimum atomic E-state index is -0.302. The van der Waals surface area contributed by atoms with Crippen molar-refractivity contribution in [3.63, 3.8) is 0 Å². The Hall–Kier alpha value is -2.29. The van der Waals surface area contributed by atoms with E-state index in [-0.39, 0.29) is 12.5 Å². The molecule has 0 atom stereocenters. The highest BCUT2D eigenvalue weighted by molar-refractivity contribution is 6.30. The van der Waals surface area contributed by atoms with Gasteiger partial charge in [0.2, 0.25) is 0 Å². The van der Waals surface area contributed by atoms with Gasteiger partial charge in [0.05, 0.1) is 17.9 Å². The second kappa shape index (κ2) is 6.44. The Morgan fingerprint density at radius 1 is 1.48 bits per heavy atom. The molecule has 0 aliphatic carbocycles. The van der Waals surface area contributed by atoms with Crippen LogP contribution in [0.3, 0.4) is 0 Å². The number of anilines is 1. The van der Waals surface area contributed by atoms with Crippen molar-refractivity contribution < 1.29 is 9.32 Å². The molecule has 1 heterocycles. The van der Waals surface area contributed by atoms with Crippen LogP contribution in [0.1, 0.15) is 27.4 Å². The van der Waals surface area contributed by atoms with Gasteiger partial charge in [-0.2, -0.15) is 0 Å². The van der Waals surface area contributed by atoms with Crippen LogP contribution in [0.25, 0.3) is 0 Å². The molecule has 0 spiro atoms. The van der Waals surface area contributed by atoms with Crippen molar-refractivity contribution in [2.45, 2.75) is 13.8 Å². The Morgan fingerprint density at radius 2 is 2.24 bits per heavy atom. The van der Waals surface area contributed by atoms with Crippen molar-refractivity contribution in [1.29, 1.82) is 0 Å². The fourth-order valence-electron chi connectivity index (χ4n) is 1.87. The van der Waals surface area contributed by atoms with Gasteiger partial charge in [-0.25, -0.2) is 0 Å². The zero-order valence-corrected chi connectivity index (χ0v) is 12.4. The monoisotopic (exact) mass is 303 g/mol. The molecule has 1 aromatic carbocycles. The maximum absolute atomic E-state index is 12.3. The number of halogens is 1. The molecule has 0 radical (unpaired) electrons. The van der Waals surface area contributed by atoms with Gasteiger partial charge in [0.25, 0.3) is 5.91 Å². The fourth-order valence-corrected chi connectivity index (χ4v) is 2.04. The van der Waals surface area contributed by atoms with Gasteiger partial charge in [0, 0.05) is 10.6 Å².